The highest BCUT2D eigenvalue weighted by molar-refractivity contribution is 7.92. The third kappa shape index (κ3) is 7.03. The van der Waals surface area contributed by atoms with E-state index in [1.165, 1.54) is 30.1 Å². The summed E-state index contributed by atoms with van der Waals surface area (Å²) in [5, 5.41) is 3.86. The number of nitrogens with zero attached hydrogens (tertiary/aromatic N) is 4. The van der Waals surface area contributed by atoms with Gasteiger partial charge in [-0.2, -0.15) is 0 Å². The minimum Gasteiger partial charge on any atom is -0.359 e. The molecule has 0 unspecified atom stereocenters. The Labute approximate surface area is 296 Å². The number of rotatable bonds is 12. The number of amides is 2. The first-order valence-electron chi connectivity index (χ1n) is 17.1. The topological polar surface area (TPSA) is 125 Å². The zero-order chi connectivity index (χ0) is 36.5. The molecule has 0 atom stereocenters. The fourth-order valence-electron chi connectivity index (χ4n) is 6.84. The number of aromatic nitrogens is 1. The Hall–Kier alpha value is -4.91. The summed E-state index contributed by atoms with van der Waals surface area (Å²) < 4.78 is 64.2. The van der Waals surface area contributed by atoms with Crippen molar-refractivity contribution in [2.45, 2.75) is 89.2 Å². The van der Waals surface area contributed by atoms with Crippen molar-refractivity contribution in [1.29, 1.82) is 0 Å². The lowest BCUT2D eigenvalue weighted by Crippen LogP contribution is -2.40. The van der Waals surface area contributed by atoms with Gasteiger partial charge in [0.2, 0.25) is 0 Å². The van der Waals surface area contributed by atoms with Crippen LogP contribution in [0.1, 0.15) is 84.7 Å². The molecule has 1 fully saturated rings. The van der Waals surface area contributed by atoms with E-state index >= 15 is 0 Å². The van der Waals surface area contributed by atoms with Gasteiger partial charge < -0.3 is 9.42 Å². The summed E-state index contributed by atoms with van der Waals surface area (Å²) in [5.74, 6) is -1.85. The summed E-state index contributed by atoms with van der Waals surface area (Å²) >= 11 is 0. The van der Waals surface area contributed by atoms with Crippen LogP contribution >= 0.6 is 0 Å². The molecule has 10 nitrogen and oxygen atoms in total. The van der Waals surface area contributed by atoms with Gasteiger partial charge >= 0.3 is 0 Å². The average molecular weight is 718 g/mol. The lowest BCUT2D eigenvalue weighted by Gasteiger charge is -2.24. The number of halogens is 2. The first kappa shape index (κ1) is 35.9. The van der Waals surface area contributed by atoms with Gasteiger partial charge in [0, 0.05) is 31.1 Å². The van der Waals surface area contributed by atoms with Gasteiger partial charge in [-0.05, 0) is 68.0 Å². The first-order valence-corrected chi connectivity index (χ1v) is 18.6. The zero-order valence-electron chi connectivity index (χ0n) is 29.1. The van der Waals surface area contributed by atoms with Crippen molar-refractivity contribution in [1.82, 2.24) is 15.0 Å². The van der Waals surface area contributed by atoms with Crippen LogP contribution in [0, 0.1) is 25.5 Å². The van der Waals surface area contributed by atoms with Crippen LogP contribution in [0.2, 0.25) is 0 Å². The van der Waals surface area contributed by atoms with Crippen molar-refractivity contribution in [2.24, 2.45) is 4.99 Å². The van der Waals surface area contributed by atoms with E-state index in [9.17, 15) is 26.8 Å². The van der Waals surface area contributed by atoms with Crippen LogP contribution in [-0.4, -0.2) is 53.6 Å². The van der Waals surface area contributed by atoms with Gasteiger partial charge in [0.25, 0.3) is 21.8 Å². The molecule has 268 valence electrons. The predicted molar refractivity (Wildman–Crippen MR) is 190 cm³/mol. The summed E-state index contributed by atoms with van der Waals surface area (Å²) in [4.78, 5) is 35.3. The first-order chi connectivity index (χ1) is 24.3. The molecule has 1 spiro atoms. The molecule has 2 amide bonds. The molecule has 1 saturated carbocycles. The summed E-state index contributed by atoms with van der Waals surface area (Å²) in [6, 6.07) is 15.3. The monoisotopic (exact) mass is 717 g/mol. The predicted octanol–water partition coefficient (Wildman–Crippen LogP) is 7.55. The standard InChI is InChI=1S/C38H41F2N5O5S/c1-5-6-16-33-41-38(19-9-10-20-38)37(47)45(33)22-26-17-18-28(27(21-26)23-44(4)36(46)30-13-11-14-31(39)34(30)40)29-12-7-8-15-32(29)51(48,49)43-35-24(2)25(3)50-42-35/h7-8,11-15,17-18,21H,5-6,9-10,16,19-20,22-23H2,1-4H3,(H,42,43). The summed E-state index contributed by atoms with van der Waals surface area (Å²) in [6.07, 6.45) is 5.85. The quantitative estimate of drug-likeness (QED) is 0.161. The second-order valence-corrected chi connectivity index (χ2v) is 15.0. The van der Waals surface area contributed by atoms with E-state index in [0.29, 0.717) is 34.4 Å². The largest absolute Gasteiger partial charge is 0.359 e. The van der Waals surface area contributed by atoms with Crippen molar-refractivity contribution in [3.63, 3.8) is 0 Å². The average Bonchev–Trinajstić information content (AvgIpc) is 3.79. The molecule has 3 aromatic carbocycles. The van der Waals surface area contributed by atoms with Gasteiger partial charge in [-0.15, -0.1) is 0 Å². The fraction of sp³-hybridized carbons (Fsp3) is 0.368. The molecule has 2 aliphatic rings. The maximum Gasteiger partial charge on any atom is 0.263 e. The highest BCUT2D eigenvalue weighted by atomic mass is 32.2. The summed E-state index contributed by atoms with van der Waals surface area (Å²) in [7, 11) is -2.73. The van der Waals surface area contributed by atoms with Crippen LogP contribution < -0.4 is 4.72 Å². The number of hydrogen-bond donors (Lipinski definition) is 1. The Kier molecular flexibility index (Phi) is 10.1. The minimum absolute atomic E-state index is 0.00787. The molecule has 13 heteroatoms. The van der Waals surface area contributed by atoms with Crippen LogP contribution in [-0.2, 0) is 27.9 Å². The maximum atomic E-state index is 14.7. The van der Waals surface area contributed by atoms with Crippen LogP contribution in [0.25, 0.3) is 11.1 Å². The molecule has 6 rings (SSSR count). The smallest absolute Gasteiger partial charge is 0.263 e. The number of amidine groups is 1. The van der Waals surface area contributed by atoms with Crippen LogP contribution in [0.4, 0.5) is 14.6 Å². The van der Waals surface area contributed by atoms with Gasteiger partial charge in [0.15, 0.2) is 17.5 Å². The number of aryl methyl sites for hydroxylation is 1. The molecule has 4 aromatic rings. The van der Waals surface area contributed by atoms with Crippen LogP contribution in [0.15, 0.2) is 75.1 Å². The van der Waals surface area contributed by atoms with Crippen LogP contribution in [0.5, 0.6) is 0 Å². The number of benzene rings is 3. The maximum absolute atomic E-state index is 14.7. The van der Waals surface area contributed by atoms with Gasteiger partial charge in [-0.3, -0.25) is 24.2 Å². The number of unbranched alkanes of at least 4 members (excludes halogenated alkanes) is 1. The number of hydrogen-bond acceptors (Lipinski definition) is 7. The highest BCUT2D eigenvalue weighted by Crippen LogP contribution is 2.40. The SMILES string of the molecule is CCCCC1=NC2(CCCC2)C(=O)N1Cc1ccc(-c2ccccc2S(=O)(=O)Nc2noc(C)c2C)c(CN(C)C(=O)c2cccc(F)c2F)c1. The number of nitrogens with one attached hydrogen (secondary N) is 1. The van der Waals surface area contributed by atoms with Crippen molar-refractivity contribution in [2.75, 3.05) is 11.8 Å². The van der Waals surface area contributed by atoms with E-state index in [1.54, 1.807) is 43.0 Å². The highest BCUT2D eigenvalue weighted by Gasteiger charge is 2.49. The van der Waals surface area contributed by atoms with Crippen molar-refractivity contribution in [3.05, 3.63) is 100 Å². The van der Waals surface area contributed by atoms with Crippen LogP contribution in [0.3, 0.4) is 0 Å². The Balaban J connectivity index is 1.40. The third-order valence-electron chi connectivity index (χ3n) is 9.78. The molecule has 1 N–H and O–H groups in total. The lowest BCUT2D eigenvalue weighted by atomic mass is 9.95. The van der Waals surface area contributed by atoms with E-state index in [4.69, 9.17) is 9.52 Å². The van der Waals surface area contributed by atoms with Gasteiger partial charge in [0.1, 0.15) is 17.1 Å². The zero-order valence-corrected chi connectivity index (χ0v) is 29.9. The lowest BCUT2D eigenvalue weighted by molar-refractivity contribution is -0.131. The van der Waals surface area contributed by atoms with E-state index in [0.717, 1.165) is 56.0 Å². The summed E-state index contributed by atoms with van der Waals surface area (Å²) in [6.45, 7) is 5.61. The molecule has 0 saturated heterocycles. The van der Waals surface area contributed by atoms with Crippen molar-refractivity contribution in [3.8, 4) is 11.1 Å². The number of anilines is 1. The normalized spacial score (nSPS) is 15.5. The van der Waals surface area contributed by atoms with Gasteiger partial charge in [-0.1, -0.05) is 73.8 Å². The number of sulfonamides is 1. The minimum atomic E-state index is -4.19. The number of aliphatic imine (C=N–C) groups is 1. The van der Waals surface area contributed by atoms with E-state index in [2.05, 4.69) is 16.8 Å². The molecule has 1 aliphatic carbocycles. The number of carbonyl (C=O) groups is 2. The molecule has 2 heterocycles. The molecule has 0 bridgehead atoms. The van der Waals surface area contributed by atoms with Gasteiger partial charge in [0.05, 0.1) is 17.0 Å². The molecular formula is C38H41F2N5O5S. The Morgan fingerprint density at radius 3 is 2.49 bits per heavy atom. The molecule has 0 radical (unpaired) electrons. The molecule has 1 aromatic heterocycles. The fourth-order valence-corrected chi connectivity index (χ4v) is 8.12. The molecule has 1 aliphatic heterocycles. The van der Waals surface area contributed by atoms with Gasteiger partial charge in [-0.25, -0.2) is 17.2 Å². The Morgan fingerprint density at radius 2 is 1.78 bits per heavy atom. The second-order valence-electron chi connectivity index (χ2n) is 13.3. The Bertz CT molecular complexity index is 2120. The summed E-state index contributed by atoms with van der Waals surface area (Å²) in [5.41, 5.74) is 1.51. The second kappa shape index (κ2) is 14.4. The molecular weight excluding hydrogens is 677 g/mol. The van der Waals surface area contributed by atoms with E-state index in [-0.39, 0.29) is 29.7 Å². The van der Waals surface area contributed by atoms with E-state index in [1.807, 2.05) is 12.1 Å². The molecule has 51 heavy (non-hydrogen) atoms. The number of carbonyl (C=O) groups excluding carboxylic acids is 2. The van der Waals surface area contributed by atoms with E-state index < -0.39 is 38.7 Å². The third-order valence-corrected chi connectivity index (χ3v) is 11.2. The van der Waals surface area contributed by atoms with Crippen molar-refractivity contribution >= 4 is 33.5 Å². The Morgan fingerprint density at radius 1 is 1.04 bits per heavy atom. The van der Waals surface area contributed by atoms with Crippen molar-refractivity contribution < 1.29 is 31.3 Å².